The van der Waals surface area contributed by atoms with Gasteiger partial charge in [-0.3, -0.25) is 4.79 Å². The van der Waals surface area contributed by atoms with Gasteiger partial charge in [0.2, 0.25) is 0 Å². The summed E-state index contributed by atoms with van der Waals surface area (Å²) < 4.78 is 12.8. The van der Waals surface area contributed by atoms with Gasteiger partial charge in [-0.15, -0.1) is 0 Å². The molecule has 0 aliphatic heterocycles. The van der Waals surface area contributed by atoms with Crippen molar-refractivity contribution < 1.29 is 9.18 Å². The topological polar surface area (TPSA) is 43.1 Å². The fourth-order valence-corrected chi connectivity index (χ4v) is 0.865. The van der Waals surface area contributed by atoms with Gasteiger partial charge in [-0.2, -0.15) is 0 Å². The molecule has 0 heterocycles. The molecule has 1 aromatic rings. The zero-order chi connectivity index (χ0) is 9.68. The number of halogens is 1. The fraction of sp³-hybridized carbons (Fsp3) is 0.100. The third-order valence-electron chi connectivity index (χ3n) is 1.46. The molecule has 1 rings (SSSR count). The van der Waals surface area contributed by atoms with E-state index in [-0.39, 0.29) is 12.1 Å². The Morgan fingerprint density at radius 1 is 1.54 bits per heavy atom. The van der Waals surface area contributed by atoms with Gasteiger partial charge in [0.1, 0.15) is 5.82 Å². The molecule has 3 heteroatoms. The molecule has 0 saturated heterocycles. The van der Waals surface area contributed by atoms with Crippen molar-refractivity contribution in [1.29, 1.82) is 0 Å². The molecule has 0 bridgehead atoms. The van der Waals surface area contributed by atoms with Crippen molar-refractivity contribution in [3.63, 3.8) is 0 Å². The van der Waals surface area contributed by atoms with E-state index in [0.29, 0.717) is 11.8 Å². The van der Waals surface area contributed by atoms with Gasteiger partial charge in [0.25, 0.3) is 0 Å². The van der Waals surface area contributed by atoms with Gasteiger partial charge in [0, 0.05) is 5.56 Å². The SMILES string of the molecule is NCC#Cc1ccc(F)c(C=O)c1. The summed E-state index contributed by atoms with van der Waals surface area (Å²) in [7, 11) is 0. The lowest BCUT2D eigenvalue weighted by atomic mass is 10.1. The summed E-state index contributed by atoms with van der Waals surface area (Å²) >= 11 is 0. The van der Waals surface area contributed by atoms with E-state index in [1.54, 1.807) is 0 Å². The summed E-state index contributed by atoms with van der Waals surface area (Å²) in [6, 6.07) is 4.11. The van der Waals surface area contributed by atoms with E-state index in [9.17, 15) is 9.18 Å². The van der Waals surface area contributed by atoms with Gasteiger partial charge in [-0.1, -0.05) is 11.8 Å². The maximum Gasteiger partial charge on any atom is 0.153 e. The Balaban J connectivity index is 3.06. The summed E-state index contributed by atoms with van der Waals surface area (Å²) in [6.07, 6.45) is 0.461. The molecule has 0 spiro atoms. The maximum atomic E-state index is 12.8. The van der Waals surface area contributed by atoms with Crippen molar-refractivity contribution in [2.24, 2.45) is 5.73 Å². The average Bonchev–Trinajstić information content (AvgIpc) is 2.16. The third-order valence-corrected chi connectivity index (χ3v) is 1.46. The van der Waals surface area contributed by atoms with Gasteiger partial charge < -0.3 is 5.73 Å². The van der Waals surface area contributed by atoms with Crippen LogP contribution in [0.25, 0.3) is 0 Å². The molecular weight excluding hydrogens is 169 g/mol. The molecule has 2 N–H and O–H groups in total. The molecule has 66 valence electrons. The molecule has 1 aromatic carbocycles. The summed E-state index contributed by atoms with van der Waals surface area (Å²) in [6.45, 7) is 0.244. The minimum Gasteiger partial charge on any atom is -0.320 e. The first-order valence-corrected chi connectivity index (χ1v) is 3.71. The van der Waals surface area contributed by atoms with Crippen molar-refractivity contribution in [1.82, 2.24) is 0 Å². The maximum absolute atomic E-state index is 12.8. The van der Waals surface area contributed by atoms with Crippen molar-refractivity contribution >= 4 is 6.29 Å². The number of hydrogen-bond donors (Lipinski definition) is 1. The van der Waals surface area contributed by atoms with Crippen LogP contribution in [0.4, 0.5) is 4.39 Å². The first kappa shape index (κ1) is 9.43. The van der Waals surface area contributed by atoms with Crippen LogP contribution in [-0.4, -0.2) is 12.8 Å². The first-order valence-electron chi connectivity index (χ1n) is 3.71. The second-order valence-corrected chi connectivity index (χ2v) is 2.36. The lowest BCUT2D eigenvalue weighted by Gasteiger charge is -1.94. The van der Waals surface area contributed by atoms with Crippen molar-refractivity contribution in [3.8, 4) is 11.8 Å². The van der Waals surface area contributed by atoms with Crippen LogP contribution in [0.3, 0.4) is 0 Å². The van der Waals surface area contributed by atoms with Crippen LogP contribution >= 0.6 is 0 Å². The van der Waals surface area contributed by atoms with E-state index in [2.05, 4.69) is 11.8 Å². The van der Waals surface area contributed by atoms with E-state index in [4.69, 9.17) is 5.73 Å². The van der Waals surface area contributed by atoms with E-state index in [0.717, 1.165) is 0 Å². The first-order chi connectivity index (χ1) is 6.27. The lowest BCUT2D eigenvalue weighted by Crippen LogP contribution is -1.93. The molecule has 0 atom stereocenters. The largest absolute Gasteiger partial charge is 0.320 e. The van der Waals surface area contributed by atoms with Crippen LogP contribution in [0.15, 0.2) is 18.2 Å². The quantitative estimate of drug-likeness (QED) is 0.512. The Bertz CT molecular complexity index is 376. The van der Waals surface area contributed by atoms with Gasteiger partial charge in [0.05, 0.1) is 12.1 Å². The Kier molecular flexibility index (Phi) is 3.18. The Hall–Kier alpha value is -1.66. The summed E-state index contributed by atoms with van der Waals surface area (Å²) in [5.41, 5.74) is 5.77. The van der Waals surface area contributed by atoms with Crippen LogP contribution in [0.1, 0.15) is 15.9 Å². The highest BCUT2D eigenvalue weighted by Gasteiger charge is 1.99. The predicted molar refractivity (Wildman–Crippen MR) is 47.7 cm³/mol. The Morgan fingerprint density at radius 2 is 2.31 bits per heavy atom. The standard InChI is InChI=1S/C10H8FNO/c11-10-4-3-8(2-1-5-12)6-9(10)7-13/h3-4,6-7H,5,12H2. The Labute approximate surface area is 75.6 Å². The smallest absolute Gasteiger partial charge is 0.153 e. The van der Waals surface area contributed by atoms with E-state index in [1.807, 2.05) is 0 Å². The van der Waals surface area contributed by atoms with Gasteiger partial charge in [-0.05, 0) is 18.2 Å². The molecular formula is C10H8FNO. The van der Waals surface area contributed by atoms with Crippen molar-refractivity contribution in [2.45, 2.75) is 0 Å². The van der Waals surface area contributed by atoms with E-state index >= 15 is 0 Å². The zero-order valence-corrected chi connectivity index (χ0v) is 6.88. The number of rotatable bonds is 1. The van der Waals surface area contributed by atoms with Gasteiger partial charge >= 0.3 is 0 Å². The van der Waals surface area contributed by atoms with Crippen LogP contribution in [-0.2, 0) is 0 Å². The summed E-state index contributed by atoms with van der Waals surface area (Å²) in [5, 5.41) is 0. The number of nitrogens with two attached hydrogens (primary N) is 1. The molecule has 0 saturated carbocycles. The molecule has 13 heavy (non-hydrogen) atoms. The Morgan fingerprint density at radius 3 is 2.92 bits per heavy atom. The molecule has 0 amide bonds. The minimum absolute atomic E-state index is 0.0174. The van der Waals surface area contributed by atoms with Gasteiger partial charge in [-0.25, -0.2) is 4.39 Å². The molecule has 2 nitrogen and oxygen atoms in total. The number of benzene rings is 1. The van der Waals surface area contributed by atoms with Crippen LogP contribution < -0.4 is 5.73 Å². The lowest BCUT2D eigenvalue weighted by molar-refractivity contribution is 0.112. The molecule has 0 aliphatic rings. The molecule has 0 fully saturated rings. The molecule has 0 aliphatic carbocycles. The normalized spacial score (nSPS) is 8.77. The highest BCUT2D eigenvalue weighted by atomic mass is 19.1. The minimum atomic E-state index is -0.534. The van der Waals surface area contributed by atoms with Gasteiger partial charge in [0.15, 0.2) is 6.29 Å². The summed E-state index contributed by atoms with van der Waals surface area (Å²) in [5.74, 6) is 4.79. The average molecular weight is 177 g/mol. The highest BCUT2D eigenvalue weighted by Crippen LogP contribution is 2.07. The second-order valence-electron chi connectivity index (χ2n) is 2.36. The van der Waals surface area contributed by atoms with E-state index in [1.165, 1.54) is 18.2 Å². The highest BCUT2D eigenvalue weighted by molar-refractivity contribution is 5.76. The molecule has 0 aromatic heterocycles. The second kappa shape index (κ2) is 4.39. The number of carbonyl (C=O) groups is 1. The fourth-order valence-electron chi connectivity index (χ4n) is 0.865. The monoisotopic (exact) mass is 177 g/mol. The van der Waals surface area contributed by atoms with Crippen LogP contribution in [0.2, 0.25) is 0 Å². The van der Waals surface area contributed by atoms with Crippen molar-refractivity contribution in [2.75, 3.05) is 6.54 Å². The third kappa shape index (κ3) is 2.39. The van der Waals surface area contributed by atoms with Crippen LogP contribution in [0, 0.1) is 17.7 Å². The van der Waals surface area contributed by atoms with E-state index < -0.39 is 5.82 Å². The summed E-state index contributed by atoms with van der Waals surface area (Å²) in [4.78, 5) is 10.3. The predicted octanol–water partition coefficient (Wildman–Crippen LogP) is 0.948. The molecule has 0 radical (unpaired) electrons. The number of carbonyl (C=O) groups excluding carboxylic acids is 1. The zero-order valence-electron chi connectivity index (χ0n) is 6.88. The molecule has 0 unspecified atom stereocenters. The number of aldehydes is 1. The van der Waals surface area contributed by atoms with Crippen molar-refractivity contribution in [3.05, 3.63) is 35.1 Å². The van der Waals surface area contributed by atoms with Crippen LogP contribution in [0.5, 0.6) is 0 Å². The number of hydrogen-bond acceptors (Lipinski definition) is 2.